The third-order valence-electron chi connectivity index (χ3n) is 5.54. The standard InChI is InChI=1S/C25H27F3O3S2/c1-4-5-17(10-11-32-19-7-9-21(15(2)12-19)31-14-23(29)30)24-16(3)20-8-6-18(25(26,27)28)13-22(20)33-24/h6-9,12-13,17H,4-5,10-11,14H2,1-3H3,(H,29,30). The summed E-state index contributed by atoms with van der Waals surface area (Å²) in [7, 11) is 0. The van der Waals surface area contributed by atoms with Gasteiger partial charge in [0, 0.05) is 14.5 Å². The van der Waals surface area contributed by atoms with Crippen molar-refractivity contribution < 1.29 is 27.8 Å². The van der Waals surface area contributed by atoms with E-state index in [2.05, 4.69) is 6.92 Å². The molecule has 0 bridgehead atoms. The molecule has 8 heteroatoms. The number of carboxylic acid groups (broad SMARTS) is 1. The lowest BCUT2D eigenvalue weighted by atomic mass is 9.95. The molecule has 1 aromatic heterocycles. The van der Waals surface area contributed by atoms with E-state index in [1.165, 1.54) is 28.3 Å². The number of rotatable bonds is 10. The number of hydrogen-bond donors (Lipinski definition) is 1. The van der Waals surface area contributed by atoms with E-state index in [0.717, 1.165) is 46.4 Å². The Kier molecular flexibility index (Phi) is 8.34. The smallest absolute Gasteiger partial charge is 0.416 e. The lowest BCUT2D eigenvalue weighted by Gasteiger charge is -2.16. The van der Waals surface area contributed by atoms with E-state index in [1.54, 1.807) is 23.9 Å². The molecule has 0 fully saturated rings. The van der Waals surface area contributed by atoms with Crippen LogP contribution in [0.5, 0.6) is 5.75 Å². The summed E-state index contributed by atoms with van der Waals surface area (Å²) >= 11 is 3.21. The van der Waals surface area contributed by atoms with Crippen molar-refractivity contribution in [2.24, 2.45) is 0 Å². The van der Waals surface area contributed by atoms with Crippen LogP contribution in [0.15, 0.2) is 41.3 Å². The minimum Gasteiger partial charge on any atom is -0.482 e. The van der Waals surface area contributed by atoms with Gasteiger partial charge in [0.1, 0.15) is 5.75 Å². The van der Waals surface area contributed by atoms with Crippen LogP contribution in [-0.2, 0) is 11.0 Å². The molecule has 3 aromatic rings. The van der Waals surface area contributed by atoms with Crippen molar-refractivity contribution in [3.8, 4) is 5.75 Å². The van der Waals surface area contributed by atoms with Gasteiger partial charge < -0.3 is 9.84 Å². The summed E-state index contributed by atoms with van der Waals surface area (Å²) < 4.78 is 45.4. The maximum absolute atomic E-state index is 13.1. The van der Waals surface area contributed by atoms with E-state index in [0.29, 0.717) is 16.4 Å². The van der Waals surface area contributed by atoms with Gasteiger partial charge in [-0.1, -0.05) is 19.4 Å². The molecule has 1 atom stereocenters. The highest BCUT2D eigenvalue weighted by atomic mass is 32.2. The first-order valence-electron chi connectivity index (χ1n) is 10.8. The Bertz CT molecular complexity index is 1120. The predicted molar refractivity (Wildman–Crippen MR) is 129 cm³/mol. The Labute approximate surface area is 200 Å². The third kappa shape index (κ3) is 6.44. The normalized spacial score (nSPS) is 12.8. The summed E-state index contributed by atoms with van der Waals surface area (Å²) in [6.45, 7) is 5.65. The van der Waals surface area contributed by atoms with Gasteiger partial charge >= 0.3 is 12.1 Å². The molecule has 178 valence electrons. The molecule has 0 amide bonds. The number of alkyl halides is 3. The number of carbonyl (C=O) groups is 1. The minimum atomic E-state index is -4.34. The Morgan fingerprint density at radius 2 is 1.91 bits per heavy atom. The van der Waals surface area contributed by atoms with Crippen LogP contribution in [0.4, 0.5) is 13.2 Å². The molecule has 0 spiro atoms. The van der Waals surface area contributed by atoms with Crippen LogP contribution in [0.25, 0.3) is 10.1 Å². The van der Waals surface area contributed by atoms with E-state index in [1.807, 2.05) is 26.0 Å². The topological polar surface area (TPSA) is 46.5 Å². The van der Waals surface area contributed by atoms with Crippen LogP contribution < -0.4 is 4.74 Å². The molecule has 0 saturated heterocycles. The molecule has 1 N–H and O–H groups in total. The highest BCUT2D eigenvalue weighted by Gasteiger charge is 2.31. The summed E-state index contributed by atoms with van der Waals surface area (Å²) in [5.41, 5.74) is 1.37. The van der Waals surface area contributed by atoms with Crippen LogP contribution >= 0.6 is 23.1 Å². The third-order valence-corrected chi connectivity index (χ3v) is 7.99. The number of ether oxygens (including phenoxy) is 1. The molecule has 2 aromatic carbocycles. The van der Waals surface area contributed by atoms with Gasteiger partial charge in [0.2, 0.25) is 0 Å². The number of thiophene rings is 1. The van der Waals surface area contributed by atoms with Crippen LogP contribution in [0.3, 0.4) is 0 Å². The van der Waals surface area contributed by atoms with Crippen molar-refractivity contribution in [2.75, 3.05) is 12.4 Å². The maximum atomic E-state index is 13.1. The molecule has 0 saturated carbocycles. The van der Waals surface area contributed by atoms with Gasteiger partial charge in [0.15, 0.2) is 6.61 Å². The Morgan fingerprint density at radius 1 is 1.15 bits per heavy atom. The molecule has 3 nitrogen and oxygen atoms in total. The van der Waals surface area contributed by atoms with Gasteiger partial charge in [0.25, 0.3) is 0 Å². The monoisotopic (exact) mass is 496 g/mol. The van der Waals surface area contributed by atoms with Gasteiger partial charge in [-0.15, -0.1) is 23.1 Å². The van der Waals surface area contributed by atoms with Crippen molar-refractivity contribution >= 4 is 39.2 Å². The van der Waals surface area contributed by atoms with Crippen molar-refractivity contribution in [1.29, 1.82) is 0 Å². The highest BCUT2D eigenvalue weighted by molar-refractivity contribution is 7.99. The van der Waals surface area contributed by atoms with Gasteiger partial charge in [-0.3, -0.25) is 0 Å². The number of aryl methyl sites for hydroxylation is 2. The fourth-order valence-electron chi connectivity index (χ4n) is 3.90. The first-order chi connectivity index (χ1) is 15.6. The highest BCUT2D eigenvalue weighted by Crippen LogP contribution is 2.42. The minimum absolute atomic E-state index is 0.300. The Hall–Kier alpha value is -2.19. The second-order valence-corrected chi connectivity index (χ2v) is 10.3. The van der Waals surface area contributed by atoms with Crippen LogP contribution in [0.2, 0.25) is 0 Å². The van der Waals surface area contributed by atoms with Gasteiger partial charge in [0.05, 0.1) is 5.56 Å². The van der Waals surface area contributed by atoms with E-state index < -0.39 is 17.7 Å². The molecule has 0 aliphatic carbocycles. The summed E-state index contributed by atoms with van der Waals surface area (Å²) in [6.07, 6.45) is -1.42. The molecule has 1 unspecified atom stereocenters. The summed E-state index contributed by atoms with van der Waals surface area (Å²) in [4.78, 5) is 12.9. The molecule has 33 heavy (non-hydrogen) atoms. The fourth-order valence-corrected chi connectivity index (χ4v) is 6.38. The molecule has 3 rings (SSSR count). The predicted octanol–water partition coefficient (Wildman–Crippen LogP) is 8.07. The fraction of sp³-hybridized carbons (Fsp3) is 0.400. The largest absolute Gasteiger partial charge is 0.482 e. The molecule has 0 aliphatic heterocycles. The van der Waals surface area contributed by atoms with Crippen LogP contribution in [0.1, 0.15) is 53.7 Å². The van der Waals surface area contributed by atoms with Gasteiger partial charge in [-0.05, 0) is 85.2 Å². The Morgan fingerprint density at radius 3 is 2.55 bits per heavy atom. The number of halogens is 3. The molecular weight excluding hydrogens is 469 g/mol. The maximum Gasteiger partial charge on any atom is 0.416 e. The molecule has 1 heterocycles. The number of aliphatic carboxylic acids is 1. The van der Waals surface area contributed by atoms with Crippen molar-refractivity contribution in [3.05, 3.63) is 58.0 Å². The first kappa shape index (κ1) is 25.4. The van der Waals surface area contributed by atoms with Gasteiger partial charge in [-0.25, -0.2) is 4.79 Å². The summed E-state index contributed by atoms with van der Waals surface area (Å²) in [6, 6.07) is 9.74. The number of carboxylic acids is 1. The number of benzene rings is 2. The van der Waals surface area contributed by atoms with Crippen molar-refractivity contribution in [3.63, 3.8) is 0 Å². The summed E-state index contributed by atoms with van der Waals surface area (Å²) in [5, 5.41) is 9.67. The summed E-state index contributed by atoms with van der Waals surface area (Å²) in [5.74, 6) is 0.722. The quantitative estimate of drug-likeness (QED) is 0.288. The van der Waals surface area contributed by atoms with E-state index in [9.17, 15) is 18.0 Å². The van der Waals surface area contributed by atoms with E-state index in [-0.39, 0.29) is 6.61 Å². The lowest BCUT2D eigenvalue weighted by molar-refractivity contribution is -0.139. The average molecular weight is 497 g/mol. The van der Waals surface area contributed by atoms with Crippen LogP contribution in [0, 0.1) is 13.8 Å². The second-order valence-electron chi connectivity index (χ2n) is 8.03. The zero-order valence-corrected chi connectivity index (χ0v) is 20.4. The average Bonchev–Trinajstić information content (AvgIpc) is 3.07. The van der Waals surface area contributed by atoms with Crippen LogP contribution in [-0.4, -0.2) is 23.4 Å². The van der Waals surface area contributed by atoms with Crippen molar-refractivity contribution in [1.82, 2.24) is 0 Å². The number of hydrogen-bond acceptors (Lipinski definition) is 4. The first-order valence-corrected chi connectivity index (χ1v) is 12.6. The van der Waals surface area contributed by atoms with Gasteiger partial charge in [-0.2, -0.15) is 13.2 Å². The Balaban J connectivity index is 1.71. The van der Waals surface area contributed by atoms with E-state index in [4.69, 9.17) is 9.84 Å². The number of thioether (sulfide) groups is 1. The molecular formula is C25H27F3O3S2. The van der Waals surface area contributed by atoms with E-state index >= 15 is 0 Å². The zero-order chi connectivity index (χ0) is 24.2. The molecule has 0 aliphatic rings. The number of fused-ring (bicyclic) bond motifs is 1. The zero-order valence-electron chi connectivity index (χ0n) is 18.8. The molecule has 0 radical (unpaired) electrons. The SMILES string of the molecule is CCCC(CCSc1ccc(OCC(=O)O)c(C)c1)c1sc2cc(C(F)(F)F)ccc2c1C. The lowest BCUT2D eigenvalue weighted by Crippen LogP contribution is -2.10. The van der Waals surface area contributed by atoms with Crippen molar-refractivity contribution in [2.45, 2.75) is 57.0 Å². The second kappa shape index (κ2) is 10.8.